The molecule has 0 spiro atoms. The number of nitrogens with zero attached hydrogens (tertiary/aromatic N) is 2. The molecule has 1 aromatic rings. The van der Waals surface area contributed by atoms with Crippen molar-refractivity contribution in [3.05, 3.63) is 17.5 Å². The highest BCUT2D eigenvalue weighted by atomic mass is 16.1. The normalized spacial score (nSPS) is 9.80. The summed E-state index contributed by atoms with van der Waals surface area (Å²) < 4.78 is 1.68. The van der Waals surface area contributed by atoms with Gasteiger partial charge in [-0.1, -0.05) is 0 Å². The molecular weight excluding hydrogens is 128 g/mol. The van der Waals surface area contributed by atoms with E-state index in [1.165, 1.54) is 0 Å². The summed E-state index contributed by atoms with van der Waals surface area (Å²) in [7, 11) is 0. The molecule has 3 nitrogen and oxygen atoms in total. The van der Waals surface area contributed by atoms with E-state index in [0.29, 0.717) is 6.54 Å². The molecule has 0 unspecified atom stereocenters. The Hall–Kier alpha value is -1.12. The topological polar surface area (TPSA) is 34.9 Å². The summed E-state index contributed by atoms with van der Waals surface area (Å²) in [4.78, 5) is 10.1. The predicted molar refractivity (Wildman–Crippen MR) is 37.8 cm³/mol. The Bertz CT molecular complexity index is 240. The molecule has 0 atom stereocenters. The van der Waals surface area contributed by atoms with E-state index in [9.17, 15) is 4.79 Å². The van der Waals surface area contributed by atoms with Crippen LogP contribution < -0.4 is 0 Å². The molecule has 1 rings (SSSR count). The van der Waals surface area contributed by atoms with Crippen molar-refractivity contribution in [3.8, 4) is 0 Å². The van der Waals surface area contributed by atoms with Crippen LogP contribution in [-0.2, 0) is 11.3 Å². The zero-order valence-corrected chi connectivity index (χ0v) is 6.16. The second-order valence-corrected chi connectivity index (χ2v) is 2.28. The first-order valence-corrected chi connectivity index (χ1v) is 3.18. The number of hydrogen-bond acceptors (Lipinski definition) is 2. The van der Waals surface area contributed by atoms with Gasteiger partial charge in [0.2, 0.25) is 0 Å². The fraction of sp³-hybridized carbons (Fsp3) is 0.429. The van der Waals surface area contributed by atoms with Crippen LogP contribution in [0.3, 0.4) is 0 Å². The molecule has 0 bridgehead atoms. The van der Waals surface area contributed by atoms with Gasteiger partial charge >= 0.3 is 0 Å². The van der Waals surface area contributed by atoms with Crippen molar-refractivity contribution >= 4 is 6.29 Å². The molecule has 3 heteroatoms. The van der Waals surface area contributed by atoms with E-state index in [4.69, 9.17) is 0 Å². The van der Waals surface area contributed by atoms with Crippen molar-refractivity contribution < 1.29 is 4.79 Å². The molecule has 0 aliphatic rings. The van der Waals surface area contributed by atoms with Gasteiger partial charge in [-0.2, -0.15) is 5.10 Å². The largest absolute Gasteiger partial charge is 0.301 e. The van der Waals surface area contributed by atoms with Crippen LogP contribution >= 0.6 is 0 Å². The Labute approximate surface area is 59.7 Å². The second-order valence-electron chi connectivity index (χ2n) is 2.28. The third kappa shape index (κ3) is 1.23. The number of carbonyl (C=O) groups excluding carboxylic acids is 1. The van der Waals surface area contributed by atoms with E-state index in [0.717, 1.165) is 17.7 Å². The lowest BCUT2D eigenvalue weighted by Gasteiger charge is -1.94. The van der Waals surface area contributed by atoms with Crippen LogP contribution in [0.4, 0.5) is 0 Å². The first-order chi connectivity index (χ1) is 4.74. The molecule has 0 saturated heterocycles. The summed E-state index contributed by atoms with van der Waals surface area (Å²) in [5, 5.41) is 4.09. The first-order valence-electron chi connectivity index (χ1n) is 3.18. The Morgan fingerprint density at radius 1 is 1.70 bits per heavy atom. The number of aryl methyl sites for hydroxylation is 2. The van der Waals surface area contributed by atoms with Crippen molar-refractivity contribution in [2.24, 2.45) is 0 Å². The van der Waals surface area contributed by atoms with Crippen molar-refractivity contribution in [2.45, 2.75) is 20.4 Å². The fourth-order valence-electron chi connectivity index (χ4n) is 0.930. The van der Waals surface area contributed by atoms with Gasteiger partial charge in [0, 0.05) is 5.69 Å². The molecule has 0 aliphatic carbocycles. The number of hydrogen-bond donors (Lipinski definition) is 0. The maximum absolute atomic E-state index is 10.1. The van der Waals surface area contributed by atoms with Crippen molar-refractivity contribution in [1.82, 2.24) is 9.78 Å². The molecule has 0 aromatic carbocycles. The Morgan fingerprint density at radius 3 is 2.80 bits per heavy atom. The summed E-state index contributed by atoms with van der Waals surface area (Å²) in [5.74, 6) is 0. The standard InChI is InChI=1S/C7H10N2O/c1-6-5-7(2)9(8-6)3-4-10/h4-5H,3H2,1-2H3. The minimum Gasteiger partial charge on any atom is -0.301 e. The SMILES string of the molecule is Cc1cc(C)n(CC=O)n1. The van der Waals surface area contributed by atoms with Gasteiger partial charge in [-0.15, -0.1) is 0 Å². The highest BCUT2D eigenvalue weighted by molar-refractivity contribution is 5.49. The quantitative estimate of drug-likeness (QED) is 0.564. The van der Waals surface area contributed by atoms with E-state index in [1.54, 1.807) is 4.68 Å². The van der Waals surface area contributed by atoms with Crippen molar-refractivity contribution in [2.75, 3.05) is 0 Å². The zero-order chi connectivity index (χ0) is 7.56. The molecule has 0 N–H and O–H groups in total. The molecule has 54 valence electrons. The molecule has 1 heterocycles. The van der Waals surface area contributed by atoms with Gasteiger partial charge in [-0.25, -0.2) is 0 Å². The molecule has 0 fully saturated rings. The smallest absolute Gasteiger partial charge is 0.141 e. The Balaban J connectivity index is 2.91. The molecular formula is C7H10N2O. The molecule has 0 aliphatic heterocycles. The highest BCUT2D eigenvalue weighted by Crippen LogP contribution is 1.99. The lowest BCUT2D eigenvalue weighted by molar-refractivity contribution is -0.108. The van der Waals surface area contributed by atoms with Crippen LogP contribution in [-0.4, -0.2) is 16.1 Å². The third-order valence-corrected chi connectivity index (χ3v) is 1.35. The van der Waals surface area contributed by atoms with E-state index < -0.39 is 0 Å². The zero-order valence-electron chi connectivity index (χ0n) is 6.16. The van der Waals surface area contributed by atoms with Crippen LogP contribution in [0.2, 0.25) is 0 Å². The van der Waals surface area contributed by atoms with Crippen molar-refractivity contribution in [1.29, 1.82) is 0 Å². The van der Waals surface area contributed by atoms with Crippen molar-refractivity contribution in [3.63, 3.8) is 0 Å². The first kappa shape index (κ1) is 6.99. The summed E-state index contributed by atoms with van der Waals surface area (Å²) in [6.45, 7) is 4.21. The maximum atomic E-state index is 10.1. The Morgan fingerprint density at radius 2 is 2.40 bits per heavy atom. The molecule has 0 amide bonds. The van der Waals surface area contributed by atoms with Gasteiger partial charge in [0.05, 0.1) is 12.2 Å². The third-order valence-electron chi connectivity index (χ3n) is 1.35. The Kier molecular flexibility index (Phi) is 1.85. The monoisotopic (exact) mass is 138 g/mol. The van der Waals surface area contributed by atoms with Gasteiger partial charge in [0.15, 0.2) is 0 Å². The maximum Gasteiger partial charge on any atom is 0.141 e. The van der Waals surface area contributed by atoms with Crippen LogP contribution in [0, 0.1) is 13.8 Å². The number of carbonyl (C=O) groups is 1. The predicted octanol–water partition coefficient (Wildman–Crippen LogP) is 0.699. The molecule has 10 heavy (non-hydrogen) atoms. The molecule has 0 saturated carbocycles. The van der Waals surface area contributed by atoms with Gasteiger partial charge in [-0.05, 0) is 19.9 Å². The van der Waals surface area contributed by atoms with E-state index in [1.807, 2.05) is 19.9 Å². The highest BCUT2D eigenvalue weighted by Gasteiger charge is 1.97. The van der Waals surface area contributed by atoms with Gasteiger partial charge in [0.25, 0.3) is 0 Å². The van der Waals surface area contributed by atoms with E-state index in [2.05, 4.69) is 5.10 Å². The van der Waals surface area contributed by atoms with Gasteiger partial charge in [0.1, 0.15) is 6.29 Å². The molecule has 1 aromatic heterocycles. The minimum atomic E-state index is 0.361. The van der Waals surface area contributed by atoms with Gasteiger partial charge in [-0.3, -0.25) is 4.68 Å². The summed E-state index contributed by atoms with van der Waals surface area (Å²) >= 11 is 0. The fourth-order valence-corrected chi connectivity index (χ4v) is 0.930. The van der Waals surface area contributed by atoms with Crippen LogP contribution in [0.5, 0.6) is 0 Å². The summed E-state index contributed by atoms with van der Waals surface area (Å²) in [6.07, 6.45) is 0.847. The van der Waals surface area contributed by atoms with Crippen LogP contribution in [0.25, 0.3) is 0 Å². The lowest BCUT2D eigenvalue weighted by atomic mass is 10.4. The van der Waals surface area contributed by atoms with E-state index in [-0.39, 0.29) is 0 Å². The lowest BCUT2D eigenvalue weighted by Crippen LogP contribution is -2.02. The summed E-state index contributed by atoms with van der Waals surface area (Å²) in [5.41, 5.74) is 1.99. The van der Waals surface area contributed by atoms with Crippen LogP contribution in [0.1, 0.15) is 11.4 Å². The number of aldehydes is 1. The van der Waals surface area contributed by atoms with Gasteiger partial charge < -0.3 is 4.79 Å². The average Bonchev–Trinajstić information content (AvgIpc) is 2.13. The number of aromatic nitrogens is 2. The summed E-state index contributed by atoms with van der Waals surface area (Å²) in [6, 6.07) is 1.95. The average molecular weight is 138 g/mol. The van der Waals surface area contributed by atoms with Crippen LogP contribution in [0.15, 0.2) is 6.07 Å². The number of rotatable bonds is 2. The van der Waals surface area contributed by atoms with E-state index >= 15 is 0 Å². The molecule has 0 radical (unpaired) electrons. The second kappa shape index (κ2) is 2.64. The minimum absolute atomic E-state index is 0.361.